The lowest BCUT2D eigenvalue weighted by atomic mass is 9.93. The van der Waals surface area contributed by atoms with E-state index in [1.807, 2.05) is 12.1 Å². The van der Waals surface area contributed by atoms with Gasteiger partial charge in [0.1, 0.15) is 23.1 Å². The average molecular weight is 549 g/mol. The molecule has 1 aliphatic rings. The topological polar surface area (TPSA) is 98.6 Å². The van der Waals surface area contributed by atoms with Crippen LogP contribution in [0, 0.1) is 6.92 Å². The second-order valence-electron chi connectivity index (χ2n) is 8.87. The maximum absolute atomic E-state index is 13.0. The minimum Gasteiger partial charge on any atom is -0.493 e. The molecule has 7 nitrogen and oxygen atoms in total. The number of fused-ring (bicyclic) bond motifs is 1. The van der Waals surface area contributed by atoms with Crippen molar-refractivity contribution < 1.29 is 24.2 Å². The average Bonchev–Trinajstić information content (AvgIpc) is 2.89. The van der Waals surface area contributed by atoms with Gasteiger partial charge in [0.05, 0.1) is 35.4 Å². The van der Waals surface area contributed by atoms with Gasteiger partial charge in [-0.05, 0) is 61.9 Å². The van der Waals surface area contributed by atoms with Crippen LogP contribution in [0.1, 0.15) is 39.8 Å². The van der Waals surface area contributed by atoms with Crippen LogP contribution in [0.4, 0.5) is 0 Å². The number of hydrogen-bond donors (Lipinski definition) is 1. The van der Waals surface area contributed by atoms with Crippen LogP contribution in [0.5, 0.6) is 17.2 Å². The number of carbonyl (C=O) groups excluding carboxylic acids is 1. The molecule has 0 aliphatic carbocycles. The zero-order valence-electron chi connectivity index (χ0n) is 20.3. The number of halogens is 2. The molecule has 0 radical (unpaired) electrons. The first-order valence-electron chi connectivity index (χ1n) is 11.9. The Kier molecular flexibility index (Phi) is 7.31. The highest BCUT2D eigenvalue weighted by atomic mass is 35.5. The summed E-state index contributed by atoms with van der Waals surface area (Å²) in [5, 5.41) is 10.4. The molecule has 0 bridgehead atoms. The highest BCUT2D eigenvalue weighted by molar-refractivity contribution is 6.32. The maximum Gasteiger partial charge on any atom is 0.311 e. The molecule has 0 fully saturated rings. The molecule has 1 aliphatic heterocycles. The number of hydrogen-bond acceptors (Lipinski definition) is 6. The first-order valence-corrected chi connectivity index (χ1v) is 12.6. The summed E-state index contributed by atoms with van der Waals surface area (Å²) < 4.78 is 11.5. The normalized spacial score (nSPS) is 14.3. The van der Waals surface area contributed by atoms with Gasteiger partial charge < -0.3 is 14.6 Å². The van der Waals surface area contributed by atoms with E-state index in [4.69, 9.17) is 32.7 Å². The Morgan fingerprint density at radius 2 is 1.76 bits per heavy atom. The molecule has 1 aromatic heterocycles. The van der Waals surface area contributed by atoms with E-state index in [2.05, 4.69) is 9.97 Å². The number of aryl methyl sites for hydroxylation is 1. The molecule has 0 amide bonds. The first-order chi connectivity index (χ1) is 18.3. The number of ether oxygens (including phenoxy) is 2. The fourth-order valence-electron chi connectivity index (χ4n) is 4.32. The monoisotopic (exact) mass is 548 g/mol. The van der Waals surface area contributed by atoms with Crippen molar-refractivity contribution in [1.82, 2.24) is 9.97 Å². The van der Waals surface area contributed by atoms with Gasteiger partial charge in [-0.15, -0.1) is 0 Å². The van der Waals surface area contributed by atoms with Gasteiger partial charge in [-0.25, -0.2) is 9.97 Å². The number of aliphatic carboxylic acids is 1. The lowest BCUT2D eigenvalue weighted by molar-refractivity contribution is -0.139. The quantitative estimate of drug-likeness (QED) is 0.250. The Morgan fingerprint density at radius 1 is 1.03 bits per heavy atom. The molecule has 5 rings (SSSR count). The lowest BCUT2D eigenvalue weighted by Gasteiger charge is -2.24. The SMILES string of the molecule is Cc1nc(CC(=O)c2ccc(Oc3cc4c(cc3Cl)C(C(=O)O)CCO4)cc2)cc(-c2ccc(Cl)cc2)n1. The first kappa shape index (κ1) is 25.7. The van der Waals surface area contributed by atoms with Crippen molar-refractivity contribution in [3.8, 4) is 28.5 Å². The van der Waals surface area contributed by atoms with Gasteiger partial charge in [0.2, 0.25) is 0 Å². The van der Waals surface area contributed by atoms with Crippen LogP contribution in [-0.2, 0) is 11.2 Å². The van der Waals surface area contributed by atoms with E-state index in [0.717, 1.165) is 11.3 Å². The summed E-state index contributed by atoms with van der Waals surface area (Å²) in [5.74, 6) is 0.127. The standard InChI is InChI=1S/C29H22Cl2N2O5/c1-16-32-20(12-25(33-16)17-2-6-19(30)7-3-17)13-26(34)18-4-8-21(9-5-18)38-28-15-27-23(14-24(28)31)22(29(35)36)10-11-37-27/h2-9,12,14-15,22H,10-11,13H2,1H3,(H,35,36). The molecule has 2 heterocycles. The Labute approximate surface area is 229 Å². The lowest BCUT2D eigenvalue weighted by Crippen LogP contribution is -2.20. The van der Waals surface area contributed by atoms with Gasteiger partial charge in [0, 0.05) is 27.8 Å². The van der Waals surface area contributed by atoms with E-state index >= 15 is 0 Å². The fraction of sp³-hybridized carbons (Fsp3) is 0.172. The van der Waals surface area contributed by atoms with E-state index < -0.39 is 11.9 Å². The highest BCUT2D eigenvalue weighted by Gasteiger charge is 2.29. The molecular formula is C29H22Cl2N2O5. The second kappa shape index (κ2) is 10.8. The summed E-state index contributed by atoms with van der Waals surface area (Å²) in [6.45, 7) is 2.09. The Balaban J connectivity index is 1.30. The number of carbonyl (C=O) groups is 2. The molecule has 3 aromatic carbocycles. The molecule has 1 N–H and O–H groups in total. The van der Waals surface area contributed by atoms with Crippen molar-refractivity contribution in [3.05, 3.63) is 99.4 Å². The van der Waals surface area contributed by atoms with Crippen LogP contribution in [-0.4, -0.2) is 33.4 Å². The number of Topliss-reactive ketones (excluding diaryl/α,β-unsaturated/α-hetero) is 1. The van der Waals surface area contributed by atoms with Crippen LogP contribution in [0.2, 0.25) is 10.0 Å². The third kappa shape index (κ3) is 5.64. The molecular weight excluding hydrogens is 527 g/mol. The summed E-state index contributed by atoms with van der Waals surface area (Å²) in [5.41, 5.74) is 3.27. The van der Waals surface area contributed by atoms with Crippen LogP contribution in [0.25, 0.3) is 11.3 Å². The molecule has 38 heavy (non-hydrogen) atoms. The van der Waals surface area contributed by atoms with Crippen LogP contribution < -0.4 is 9.47 Å². The number of carboxylic acids is 1. The Hall–Kier alpha value is -3.94. The molecule has 0 spiro atoms. The zero-order chi connectivity index (χ0) is 26.8. The number of carboxylic acid groups (broad SMARTS) is 1. The highest BCUT2D eigenvalue weighted by Crippen LogP contribution is 2.41. The van der Waals surface area contributed by atoms with E-state index in [1.54, 1.807) is 61.5 Å². The number of rotatable bonds is 7. The van der Waals surface area contributed by atoms with Crippen molar-refractivity contribution in [1.29, 1.82) is 0 Å². The number of nitrogens with zero attached hydrogens (tertiary/aromatic N) is 2. The number of aromatic nitrogens is 2. The van der Waals surface area contributed by atoms with Gasteiger partial charge in [-0.2, -0.15) is 0 Å². The largest absolute Gasteiger partial charge is 0.493 e. The predicted molar refractivity (Wildman–Crippen MR) is 144 cm³/mol. The molecule has 9 heteroatoms. The molecule has 0 saturated carbocycles. The van der Waals surface area contributed by atoms with Crippen molar-refractivity contribution in [2.24, 2.45) is 0 Å². The third-order valence-electron chi connectivity index (χ3n) is 6.18. The predicted octanol–water partition coefficient (Wildman–Crippen LogP) is 6.93. The van der Waals surface area contributed by atoms with Crippen molar-refractivity contribution in [2.75, 3.05) is 6.61 Å². The van der Waals surface area contributed by atoms with Gasteiger partial charge in [0.25, 0.3) is 0 Å². The van der Waals surface area contributed by atoms with Gasteiger partial charge >= 0.3 is 5.97 Å². The van der Waals surface area contributed by atoms with Crippen molar-refractivity contribution in [3.63, 3.8) is 0 Å². The number of ketones is 1. The van der Waals surface area contributed by atoms with E-state index in [1.165, 1.54) is 0 Å². The third-order valence-corrected chi connectivity index (χ3v) is 6.73. The smallest absolute Gasteiger partial charge is 0.311 e. The Bertz CT molecular complexity index is 1520. The summed E-state index contributed by atoms with van der Waals surface area (Å²) >= 11 is 12.4. The van der Waals surface area contributed by atoms with Gasteiger partial charge in [-0.3, -0.25) is 9.59 Å². The van der Waals surface area contributed by atoms with E-state index in [9.17, 15) is 14.7 Å². The Morgan fingerprint density at radius 3 is 2.47 bits per heavy atom. The van der Waals surface area contributed by atoms with Crippen LogP contribution in [0.3, 0.4) is 0 Å². The number of benzene rings is 3. The van der Waals surface area contributed by atoms with Crippen molar-refractivity contribution in [2.45, 2.75) is 25.7 Å². The maximum atomic E-state index is 13.0. The summed E-state index contributed by atoms with van der Waals surface area (Å²) in [6.07, 6.45) is 0.494. The summed E-state index contributed by atoms with van der Waals surface area (Å²) in [4.78, 5) is 33.4. The second-order valence-corrected chi connectivity index (χ2v) is 9.72. The van der Waals surface area contributed by atoms with Crippen molar-refractivity contribution >= 4 is 35.0 Å². The summed E-state index contributed by atoms with van der Waals surface area (Å²) in [7, 11) is 0. The van der Waals surface area contributed by atoms with Gasteiger partial charge in [0.15, 0.2) is 5.78 Å². The van der Waals surface area contributed by atoms with E-state index in [-0.39, 0.29) is 17.2 Å². The molecule has 1 atom stereocenters. The zero-order valence-corrected chi connectivity index (χ0v) is 21.8. The van der Waals surface area contributed by atoms with E-state index in [0.29, 0.717) is 57.9 Å². The molecule has 0 saturated heterocycles. The summed E-state index contributed by atoms with van der Waals surface area (Å²) in [6, 6.07) is 19.0. The fourth-order valence-corrected chi connectivity index (χ4v) is 4.65. The molecule has 4 aromatic rings. The minimum absolute atomic E-state index is 0.100. The van der Waals surface area contributed by atoms with Crippen LogP contribution >= 0.6 is 23.2 Å². The van der Waals surface area contributed by atoms with Gasteiger partial charge in [-0.1, -0.05) is 35.3 Å². The minimum atomic E-state index is -0.919. The molecule has 1 unspecified atom stereocenters. The molecule has 192 valence electrons. The van der Waals surface area contributed by atoms with Crippen LogP contribution in [0.15, 0.2) is 66.7 Å².